The molecule has 2 heterocycles. The van der Waals surface area contributed by atoms with Gasteiger partial charge in [-0.1, -0.05) is 43.2 Å². The van der Waals surface area contributed by atoms with Gasteiger partial charge in [-0.3, -0.25) is 9.32 Å². The molecule has 3 aromatic rings. The van der Waals surface area contributed by atoms with Crippen molar-refractivity contribution in [2.45, 2.75) is 70.0 Å². The van der Waals surface area contributed by atoms with Crippen LogP contribution in [-0.2, 0) is 18.6 Å². The van der Waals surface area contributed by atoms with Crippen molar-refractivity contribution in [2.75, 3.05) is 24.3 Å². The Morgan fingerprint density at radius 1 is 1.12 bits per heavy atom. The average Bonchev–Trinajstić information content (AvgIpc) is 3.34. The number of benzene rings is 1. The third kappa shape index (κ3) is 6.94. The van der Waals surface area contributed by atoms with E-state index in [1.165, 1.54) is 0 Å². The smallest absolute Gasteiger partial charge is 0.459 e. The van der Waals surface area contributed by atoms with Gasteiger partial charge in [0.1, 0.15) is 11.8 Å². The second-order valence-electron chi connectivity index (χ2n) is 11.4. The van der Waals surface area contributed by atoms with Crippen molar-refractivity contribution in [1.29, 1.82) is 0 Å². The highest BCUT2D eigenvalue weighted by Crippen LogP contribution is 2.46. The number of imidazole rings is 1. The number of fused-ring (bicyclic) bond motifs is 1. The number of para-hydroxylation sites is 1. The van der Waals surface area contributed by atoms with Crippen LogP contribution in [0, 0.1) is 11.8 Å². The number of anilines is 2. The van der Waals surface area contributed by atoms with Crippen LogP contribution in [0.25, 0.3) is 11.2 Å². The molecule has 3 aliphatic rings. The minimum atomic E-state index is -3.94. The van der Waals surface area contributed by atoms with Crippen LogP contribution in [0.4, 0.5) is 11.8 Å². The molecule has 4 N–H and O–H groups in total. The molecule has 1 aromatic carbocycles. The van der Waals surface area contributed by atoms with Gasteiger partial charge in [-0.05, 0) is 57.1 Å². The average molecular weight is 596 g/mol. The van der Waals surface area contributed by atoms with Crippen molar-refractivity contribution < 1.29 is 23.1 Å². The summed E-state index contributed by atoms with van der Waals surface area (Å²) in [6, 6.07) is 8.25. The van der Waals surface area contributed by atoms with Crippen molar-refractivity contribution in [3.8, 4) is 5.75 Å². The van der Waals surface area contributed by atoms with Crippen molar-refractivity contribution >= 4 is 36.6 Å². The zero-order valence-electron chi connectivity index (χ0n) is 23.7. The van der Waals surface area contributed by atoms with E-state index in [-0.39, 0.29) is 24.5 Å². The van der Waals surface area contributed by atoms with E-state index in [1.54, 1.807) is 37.5 Å². The lowest BCUT2D eigenvalue weighted by atomic mass is 10.1. The Balaban J connectivity index is 1.10. The molecule has 2 aromatic heterocycles. The first kappa shape index (κ1) is 28.6. The minimum Gasteiger partial charge on any atom is -0.464 e. The number of nitrogens with one attached hydrogen (secondary N) is 2. The molecule has 0 radical (unpaired) electrons. The van der Waals surface area contributed by atoms with Crippen LogP contribution in [0.1, 0.15) is 57.9 Å². The number of nitrogen functional groups attached to an aromatic ring is 1. The van der Waals surface area contributed by atoms with Gasteiger partial charge < -0.3 is 24.9 Å². The van der Waals surface area contributed by atoms with E-state index in [0.717, 1.165) is 38.5 Å². The van der Waals surface area contributed by atoms with E-state index >= 15 is 0 Å². The van der Waals surface area contributed by atoms with Crippen molar-refractivity contribution in [2.24, 2.45) is 11.8 Å². The molecule has 0 spiro atoms. The van der Waals surface area contributed by atoms with Gasteiger partial charge in [0.25, 0.3) is 0 Å². The predicted octanol–water partition coefficient (Wildman–Crippen LogP) is 5.02. The van der Waals surface area contributed by atoms with E-state index in [0.29, 0.717) is 47.7 Å². The highest BCUT2D eigenvalue weighted by Gasteiger charge is 2.34. The fourth-order valence-electron chi connectivity index (χ4n) is 5.48. The first-order valence-electron chi connectivity index (χ1n) is 14.7. The van der Waals surface area contributed by atoms with Crippen LogP contribution in [0.15, 0.2) is 48.8 Å². The van der Waals surface area contributed by atoms with Crippen molar-refractivity contribution in [1.82, 2.24) is 24.6 Å². The number of esters is 1. The van der Waals surface area contributed by atoms with E-state index in [4.69, 9.17) is 19.5 Å². The van der Waals surface area contributed by atoms with Gasteiger partial charge in [0.2, 0.25) is 5.95 Å². The van der Waals surface area contributed by atoms with Gasteiger partial charge >= 0.3 is 13.7 Å². The number of carbonyl (C=O) groups excluding carboxylic acids is 1. The standard InChI is InChI=1S/C29H38N7O5P/c1-19(28(37)39-16-20-7-5-6-8-20)35-42(38,41-24-9-3-2-4-10-24)40-17-21-11-14-23(15-21)36-18-31-25-26(32-22-12-13-22)33-29(30)34-27(25)36/h2-4,9-11,14,18-23H,5-8,12-13,15-17H2,1H3,(H,35,38)(H3,30,32,33,34)/t19-,21+,23-,42?/m0/s1. The van der Waals surface area contributed by atoms with Crippen LogP contribution in [-0.4, -0.2) is 50.8 Å². The molecule has 12 nitrogen and oxygen atoms in total. The molecule has 6 rings (SSSR count). The number of ether oxygens (including phenoxy) is 1. The molecule has 13 heteroatoms. The Morgan fingerprint density at radius 2 is 1.90 bits per heavy atom. The van der Waals surface area contributed by atoms with Gasteiger partial charge in [-0.2, -0.15) is 15.1 Å². The molecule has 224 valence electrons. The fraction of sp³-hybridized carbons (Fsp3) is 0.517. The fourth-order valence-corrected chi connectivity index (χ4v) is 7.02. The Hall–Kier alpha value is -3.47. The normalized spacial score (nSPS) is 22.7. The SMILES string of the molecule is C[C@H](NP(=O)(OC[C@@H]1C=C[C@H](n2cnc3c(NC4CC4)nc(N)nc32)C1)Oc1ccccc1)C(=O)OCC1CCCC1. The summed E-state index contributed by atoms with van der Waals surface area (Å²) in [4.78, 5) is 26.1. The van der Waals surface area contributed by atoms with Crippen molar-refractivity contribution in [3.05, 3.63) is 48.8 Å². The summed E-state index contributed by atoms with van der Waals surface area (Å²) in [6.45, 7) is 2.10. The number of hydrogen-bond donors (Lipinski definition) is 3. The maximum Gasteiger partial charge on any atom is 0.459 e. The zero-order chi connectivity index (χ0) is 29.1. The molecule has 2 saturated carbocycles. The van der Waals surface area contributed by atoms with Gasteiger partial charge in [0, 0.05) is 12.0 Å². The quantitative estimate of drug-likeness (QED) is 0.139. The van der Waals surface area contributed by atoms with Crippen LogP contribution in [0.3, 0.4) is 0 Å². The maximum atomic E-state index is 13.9. The second kappa shape index (κ2) is 12.4. The summed E-state index contributed by atoms with van der Waals surface area (Å²) in [7, 11) is -3.94. The molecule has 0 amide bonds. The van der Waals surface area contributed by atoms with Gasteiger partial charge in [0.15, 0.2) is 17.0 Å². The van der Waals surface area contributed by atoms with E-state index in [1.807, 2.05) is 16.7 Å². The number of carbonyl (C=O) groups is 1. The summed E-state index contributed by atoms with van der Waals surface area (Å²) in [5.41, 5.74) is 7.36. The number of nitrogens with two attached hydrogens (primary N) is 1. The molecule has 0 aliphatic heterocycles. The van der Waals surface area contributed by atoms with Gasteiger partial charge in [0.05, 0.1) is 25.6 Å². The summed E-state index contributed by atoms with van der Waals surface area (Å²) < 4.78 is 33.2. The summed E-state index contributed by atoms with van der Waals surface area (Å²) in [6.07, 6.45) is 13.2. The number of hydrogen-bond acceptors (Lipinski definition) is 10. The third-order valence-electron chi connectivity index (χ3n) is 7.93. The first-order chi connectivity index (χ1) is 20.3. The predicted molar refractivity (Wildman–Crippen MR) is 159 cm³/mol. The topological polar surface area (TPSA) is 156 Å². The molecule has 4 atom stereocenters. The molecule has 2 fully saturated rings. The van der Waals surface area contributed by atoms with Gasteiger partial charge in [-0.25, -0.2) is 9.55 Å². The van der Waals surface area contributed by atoms with Gasteiger partial charge in [-0.15, -0.1) is 0 Å². The number of rotatable bonds is 13. The minimum absolute atomic E-state index is 0.0430. The largest absolute Gasteiger partial charge is 0.464 e. The first-order valence-corrected chi connectivity index (χ1v) is 16.3. The van der Waals surface area contributed by atoms with E-state index in [9.17, 15) is 9.36 Å². The summed E-state index contributed by atoms with van der Waals surface area (Å²) in [5.74, 6) is 1.07. The molecular weight excluding hydrogens is 557 g/mol. The lowest BCUT2D eigenvalue weighted by Crippen LogP contribution is -2.36. The van der Waals surface area contributed by atoms with E-state index < -0.39 is 19.8 Å². The second-order valence-corrected chi connectivity index (χ2v) is 13.1. The highest BCUT2D eigenvalue weighted by molar-refractivity contribution is 7.52. The Morgan fingerprint density at radius 3 is 2.67 bits per heavy atom. The molecule has 3 aliphatic carbocycles. The monoisotopic (exact) mass is 595 g/mol. The Bertz CT molecular complexity index is 1470. The Kier molecular flexibility index (Phi) is 8.46. The number of allylic oxidation sites excluding steroid dienone is 1. The van der Waals surface area contributed by atoms with Crippen molar-refractivity contribution in [3.63, 3.8) is 0 Å². The van der Waals surface area contributed by atoms with Crippen LogP contribution in [0.2, 0.25) is 0 Å². The Labute approximate surface area is 245 Å². The summed E-state index contributed by atoms with van der Waals surface area (Å²) >= 11 is 0. The summed E-state index contributed by atoms with van der Waals surface area (Å²) in [5, 5.41) is 6.18. The highest BCUT2D eigenvalue weighted by atomic mass is 31.2. The third-order valence-corrected chi connectivity index (χ3v) is 9.58. The number of aromatic nitrogens is 4. The lowest BCUT2D eigenvalue weighted by molar-refractivity contribution is -0.146. The van der Waals surface area contributed by atoms with E-state index in [2.05, 4.69) is 31.4 Å². The molecule has 0 bridgehead atoms. The van der Waals surface area contributed by atoms with Crippen LogP contribution >= 0.6 is 7.75 Å². The molecular formula is C29H38N7O5P. The number of nitrogens with zero attached hydrogens (tertiary/aromatic N) is 4. The molecule has 0 saturated heterocycles. The van der Waals surface area contributed by atoms with Crippen LogP contribution in [0.5, 0.6) is 5.75 Å². The molecule has 42 heavy (non-hydrogen) atoms. The lowest BCUT2D eigenvalue weighted by Gasteiger charge is -2.24. The maximum absolute atomic E-state index is 13.9. The molecule has 1 unspecified atom stereocenters. The van der Waals surface area contributed by atoms with Crippen LogP contribution < -0.4 is 20.7 Å². The zero-order valence-corrected chi connectivity index (χ0v) is 24.6.